The number of aryl methyl sites for hydroxylation is 1. The molecule has 0 unspecified atom stereocenters. The Morgan fingerprint density at radius 3 is 2.50 bits per heavy atom. The lowest BCUT2D eigenvalue weighted by Crippen LogP contribution is -2.05. The first-order chi connectivity index (χ1) is 6.51. The summed E-state index contributed by atoms with van der Waals surface area (Å²) < 4.78 is 23.1. The monoisotopic (exact) mass is 209 g/mol. The first-order valence-electron chi connectivity index (χ1n) is 4.24. The first kappa shape index (κ1) is 10.7. The van der Waals surface area contributed by atoms with Gasteiger partial charge in [0, 0.05) is 0 Å². The summed E-state index contributed by atoms with van der Waals surface area (Å²) in [7, 11) is -3.16. The summed E-state index contributed by atoms with van der Waals surface area (Å²) in [6, 6.07) is 6.57. The zero-order chi connectivity index (χ0) is 10.8. The molecule has 0 aliphatic heterocycles. The van der Waals surface area contributed by atoms with Crippen LogP contribution in [0.15, 0.2) is 23.1 Å². The van der Waals surface area contributed by atoms with Gasteiger partial charge < -0.3 is 0 Å². The number of benzene rings is 1. The molecule has 0 heterocycles. The highest BCUT2D eigenvalue weighted by Gasteiger charge is 2.14. The van der Waals surface area contributed by atoms with Crippen LogP contribution in [0.25, 0.3) is 0 Å². The minimum atomic E-state index is -3.16. The molecule has 1 rings (SSSR count). The van der Waals surface area contributed by atoms with Crippen molar-refractivity contribution in [1.82, 2.24) is 0 Å². The molecule has 0 saturated heterocycles. The Morgan fingerprint density at radius 2 is 2.07 bits per heavy atom. The van der Waals surface area contributed by atoms with Crippen LogP contribution in [0.5, 0.6) is 0 Å². The van der Waals surface area contributed by atoms with E-state index in [0.29, 0.717) is 16.0 Å². The Kier molecular flexibility index (Phi) is 2.92. The molecule has 3 nitrogen and oxygen atoms in total. The van der Waals surface area contributed by atoms with Gasteiger partial charge in [0.2, 0.25) is 0 Å². The van der Waals surface area contributed by atoms with Crippen LogP contribution in [0.1, 0.15) is 18.1 Å². The van der Waals surface area contributed by atoms with E-state index in [2.05, 4.69) is 0 Å². The predicted molar refractivity (Wildman–Crippen MR) is 53.6 cm³/mol. The molecule has 1 aromatic rings. The highest BCUT2D eigenvalue weighted by atomic mass is 32.2. The van der Waals surface area contributed by atoms with Gasteiger partial charge in [-0.15, -0.1) is 0 Å². The lowest BCUT2D eigenvalue weighted by atomic mass is 10.2. The van der Waals surface area contributed by atoms with Crippen molar-refractivity contribution in [3.05, 3.63) is 29.3 Å². The molecule has 0 fully saturated rings. The summed E-state index contributed by atoms with van der Waals surface area (Å²) in [5, 5.41) is 8.61. The molecule has 74 valence electrons. The van der Waals surface area contributed by atoms with Crippen LogP contribution in [-0.4, -0.2) is 14.2 Å². The van der Waals surface area contributed by atoms with Crippen molar-refractivity contribution in [3.8, 4) is 6.07 Å². The minimum absolute atomic E-state index is 0.0831. The molecule has 0 bridgehead atoms. The fourth-order valence-corrected chi connectivity index (χ4v) is 2.36. The maximum absolute atomic E-state index is 11.5. The number of nitrogens with zero attached hydrogens (tertiary/aromatic N) is 1. The lowest BCUT2D eigenvalue weighted by molar-refractivity contribution is 0.596. The van der Waals surface area contributed by atoms with Crippen LogP contribution in [0.2, 0.25) is 0 Å². The number of sulfone groups is 1. The van der Waals surface area contributed by atoms with Crippen LogP contribution in [0, 0.1) is 18.3 Å². The summed E-state index contributed by atoms with van der Waals surface area (Å²) in [4.78, 5) is 0.319. The van der Waals surface area contributed by atoms with Gasteiger partial charge in [-0.25, -0.2) is 8.42 Å². The molecular formula is C10H11NO2S. The van der Waals surface area contributed by atoms with E-state index in [-0.39, 0.29) is 5.75 Å². The van der Waals surface area contributed by atoms with Gasteiger partial charge in [0.1, 0.15) is 0 Å². The SMILES string of the molecule is CCS(=O)(=O)c1ccc(C#N)cc1C. The van der Waals surface area contributed by atoms with Crippen LogP contribution in [-0.2, 0) is 9.84 Å². The number of rotatable bonds is 2. The maximum Gasteiger partial charge on any atom is 0.178 e. The quantitative estimate of drug-likeness (QED) is 0.744. The zero-order valence-corrected chi connectivity index (χ0v) is 8.93. The summed E-state index contributed by atoms with van der Waals surface area (Å²) >= 11 is 0. The highest BCUT2D eigenvalue weighted by Crippen LogP contribution is 2.17. The number of nitriles is 1. The van der Waals surface area contributed by atoms with E-state index in [0.717, 1.165) is 0 Å². The van der Waals surface area contributed by atoms with Crippen LogP contribution in [0.4, 0.5) is 0 Å². The molecule has 14 heavy (non-hydrogen) atoms. The standard InChI is InChI=1S/C10H11NO2S/c1-3-14(12,13)10-5-4-9(7-11)6-8(10)2/h4-6H,3H2,1-2H3. The van der Waals surface area contributed by atoms with Gasteiger partial charge in [-0.2, -0.15) is 5.26 Å². The Balaban J connectivity index is 3.35. The first-order valence-corrected chi connectivity index (χ1v) is 5.90. The number of hydrogen-bond donors (Lipinski definition) is 0. The van der Waals surface area contributed by atoms with Crippen molar-refractivity contribution in [3.63, 3.8) is 0 Å². The molecule has 0 saturated carbocycles. The molecule has 1 aromatic carbocycles. The van der Waals surface area contributed by atoms with Crippen LogP contribution >= 0.6 is 0 Å². The zero-order valence-electron chi connectivity index (χ0n) is 8.11. The smallest absolute Gasteiger partial charge is 0.178 e. The second kappa shape index (κ2) is 3.81. The normalized spacial score (nSPS) is 10.9. The van der Waals surface area contributed by atoms with Crippen molar-refractivity contribution in [2.75, 3.05) is 5.75 Å². The summed E-state index contributed by atoms with van der Waals surface area (Å²) in [6.45, 7) is 3.30. The van der Waals surface area contributed by atoms with E-state index >= 15 is 0 Å². The van der Waals surface area contributed by atoms with Gasteiger partial charge in [-0.1, -0.05) is 6.92 Å². The third-order valence-corrected chi connectivity index (χ3v) is 3.91. The van der Waals surface area contributed by atoms with Crippen LogP contribution < -0.4 is 0 Å². The second-order valence-electron chi connectivity index (χ2n) is 3.00. The molecule has 0 radical (unpaired) electrons. The Morgan fingerprint density at radius 1 is 1.43 bits per heavy atom. The molecular weight excluding hydrogens is 198 g/mol. The Hall–Kier alpha value is -1.34. The summed E-state index contributed by atoms with van der Waals surface area (Å²) in [5.41, 5.74) is 1.11. The van der Waals surface area contributed by atoms with Gasteiger partial charge >= 0.3 is 0 Å². The van der Waals surface area contributed by atoms with E-state index in [9.17, 15) is 8.42 Å². The average Bonchev–Trinajstić information content (AvgIpc) is 2.17. The van der Waals surface area contributed by atoms with Crippen molar-refractivity contribution in [2.24, 2.45) is 0 Å². The molecule has 0 N–H and O–H groups in total. The fraction of sp³-hybridized carbons (Fsp3) is 0.300. The topological polar surface area (TPSA) is 57.9 Å². The van der Waals surface area contributed by atoms with Gasteiger partial charge in [0.05, 0.1) is 22.3 Å². The largest absolute Gasteiger partial charge is 0.224 e. The van der Waals surface area contributed by atoms with Gasteiger partial charge in [-0.3, -0.25) is 0 Å². The minimum Gasteiger partial charge on any atom is -0.224 e. The van der Waals surface area contributed by atoms with Crippen molar-refractivity contribution >= 4 is 9.84 Å². The van der Waals surface area contributed by atoms with Gasteiger partial charge in [0.25, 0.3) is 0 Å². The van der Waals surface area contributed by atoms with Crippen LogP contribution in [0.3, 0.4) is 0 Å². The summed E-state index contributed by atoms with van der Waals surface area (Å²) in [5.74, 6) is 0.0831. The Labute approximate surface area is 83.9 Å². The van der Waals surface area contributed by atoms with Gasteiger partial charge in [0.15, 0.2) is 9.84 Å². The van der Waals surface area contributed by atoms with Crippen molar-refractivity contribution < 1.29 is 8.42 Å². The third kappa shape index (κ3) is 1.94. The highest BCUT2D eigenvalue weighted by molar-refractivity contribution is 7.91. The summed E-state index contributed by atoms with van der Waals surface area (Å²) in [6.07, 6.45) is 0. The molecule has 0 aromatic heterocycles. The second-order valence-corrected chi connectivity index (χ2v) is 5.24. The average molecular weight is 209 g/mol. The van der Waals surface area contributed by atoms with E-state index in [1.54, 1.807) is 19.9 Å². The molecule has 0 spiro atoms. The van der Waals surface area contributed by atoms with E-state index < -0.39 is 9.84 Å². The van der Waals surface area contributed by atoms with Crippen molar-refractivity contribution in [2.45, 2.75) is 18.7 Å². The Bertz CT molecular complexity index is 483. The third-order valence-electron chi connectivity index (χ3n) is 2.02. The molecule has 0 atom stereocenters. The van der Waals surface area contributed by atoms with E-state index in [4.69, 9.17) is 5.26 Å². The lowest BCUT2D eigenvalue weighted by Gasteiger charge is -2.04. The van der Waals surface area contributed by atoms with Gasteiger partial charge in [-0.05, 0) is 30.7 Å². The molecule has 0 amide bonds. The van der Waals surface area contributed by atoms with E-state index in [1.807, 2.05) is 6.07 Å². The molecule has 0 aliphatic carbocycles. The van der Waals surface area contributed by atoms with Crippen molar-refractivity contribution in [1.29, 1.82) is 5.26 Å². The number of hydrogen-bond acceptors (Lipinski definition) is 3. The predicted octanol–water partition coefficient (Wildman–Crippen LogP) is 1.66. The molecule has 0 aliphatic rings. The maximum atomic E-state index is 11.5. The molecule has 4 heteroatoms. The van der Waals surface area contributed by atoms with E-state index in [1.165, 1.54) is 12.1 Å². The fourth-order valence-electron chi connectivity index (χ4n) is 1.22.